The molecule has 1 amide bonds. The minimum Gasteiger partial charge on any atom is -0.447 e. The van der Waals surface area contributed by atoms with Gasteiger partial charge in [0.1, 0.15) is 12.2 Å². The number of nitrogens with two attached hydrogens (primary N) is 1. The Morgan fingerprint density at radius 3 is 2.31 bits per heavy atom. The van der Waals surface area contributed by atoms with Crippen LogP contribution >= 0.6 is 0 Å². The van der Waals surface area contributed by atoms with Crippen LogP contribution in [0.4, 0.5) is 0 Å². The van der Waals surface area contributed by atoms with Crippen molar-refractivity contribution in [1.29, 1.82) is 0 Å². The number of esters is 1. The van der Waals surface area contributed by atoms with E-state index in [0.717, 1.165) is 0 Å². The van der Waals surface area contributed by atoms with Crippen LogP contribution in [-0.4, -0.2) is 51.6 Å². The Morgan fingerprint density at radius 1 is 1.31 bits per heavy atom. The van der Waals surface area contributed by atoms with Gasteiger partial charge in [0.05, 0.1) is 0 Å². The Kier molecular flexibility index (Phi) is 2.50. The first-order valence-corrected chi connectivity index (χ1v) is 3.49. The van der Waals surface area contributed by atoms with Gasteiger partial charge in [-0.2, -0.15) is 0 Å². The van der Waals surface area contributed by atoms with Gasteiger partial charge in [-0.25, -0.2) is 4.79 Å². The van der Waals surface area contributed by atoms with Crippen molar-refractivity contribution in [3.8, 4) is 0 Å². The van der Waals surface area contributed by atoms with Crippen LogP contribution in [0.3, 0.4) is 0 Å². The van der Waals surface area contributed by atoms with E-state index in [9.17, 15) is 9.59 Å². The van der Waals surface area contributed by atoms with Crippen molar-refractivity contribution in [3.63, 3.8) is 0 Å². The molecule has 0 spiro atoms. The molecule has 4 atom stereocenters. The fraction of sp³-hybridized carbons (Fsp3) is 0.667. The monoisotopic (exact) mass is 191 g/mol. The maximum atomic E-state index is 10.7. The highest BCUT2D eigenvalue weighted by Gasteiger charge is 2.46. The van der Waals surface area contributed by atoms with Crippen LogP contribution < -0.4 is 5.73 Å². The minimum atomic E-state index is -1.84. The lowest BCUT2D eigenvalue weighted by Gasteiger charge is -2.32. The molecule has 1 aliphatic rings. The number of hydrogen-bond acceptors (Lipinski definition) is 6. The summed E-state index contributed by atoms with van der Waals surface area (Å²) in [6.45, 7) is 0. The number of primary amides is 1. The van der Waals surface area contributed by atoms with Crippen LogP contribution in [-0.2, 0) is 14.3 Å². The van der Waals surface area contributed by atoms with Gasteiger partial charge in [0.2, 0.25) is 6.10 Å². The van der Waals surface area contributed by atoms with Crippen molar-refractivity contribution in [1.82, 2.24) is 0 Å². The van der Waals surface area contributed by atoms with Gasteiger partial charge in [-0.15, -0.1) is 0 Å². The average molecular weight is 191 g/mol. The molecule has 74 valence electrons. The van der Waals surface area contributed by atoms with E-state index in [1.54, 1.807) is 0 Å². The molecule has 13 heavy (non-hydrogen) atoms. The molecule has 7 nitrogen and oxygen atoms in total. The molecule has 0 radical (unpaired) electrons. The van der Waals surface area contributed by atoms with Gasteiger partial charge in [0, 0.05) is 0 Å². The third kappa shape index (κ3) is 1.62. The Balaban J connectivity index is 2.82. The molecule has 1 rings (SSSR count). The maximum absolute atomic E-state index is 10.7. The van der Waals surface area contributed by atoms with Crippen molar-refractivity contribution in [2.45, 2.75) is 24.4 Å². The molecule has 0 aliphatic carbocycles. The Hall–Kier alpha value is -1.18. The zero-order chi connectivity index (χ0) is 10.2. The van der Waals surface area contributed by atoms with Gasteiger partial charge >= 0.3 is 5.97 Å². The highest BCUT2D eigenvalue weighted by Crippen LogP contribution is 2.16. The normalized spacial score (nSPS) is 39.8. The molecule has 0 aromatic carbocycles. The summed E-state index contributed by atoms with van der Waals surface area (Å²) in [5.74, 6) is -2.26. The van der Waals surface area contributed by atoms with Crippen molar-refractivity contribution < 1.29 is 29.6 Å². The van der Waals surface area contributed by atoms with Gasteiger partial charge in [0.15, 0.2) is 6.10 Å². The summed E-state index contributed by atoms with van der Waals surface area (Å²) in [6.07, 6.45) is -6.89. The number of cyclic esters (lactones) is 1. The van der Waals surface area contributed by atoms with Crippen molar-refractivity contribution >= 4 is 11.9 Å². The van der Waals surface area contributed by atoms with Crippen LogP contribution in [0.1, 0.15) is 0 Å². The van der Waals surface area contributed by atoms with Crippen LogP contribution in [0, 0.1) is 0 Å². The smallest absolute Gasteiger partial charge is 0.338 e. The van der Waals surface area contributed by atoms with Gasteiger partial charge in [-0.05, 0) is 0 Å². The molecule has 1 fully saturated rings. The highest BCUT2D eigenvalue weighted by atomic mass is 16.6. The number of ether oxygens (including phenoxy) is 1. The summed E-state index contributed by atoms with van der Waals surface area (Å²) in [6, 6.07) is 0. The first-order valence-electron chi connectivity index (χ1n) is 3.49. The van der Waals surface area contributed by atoms with Crippen LogP contribution in [0.25, 0.3) is 0 Å². The molecular formula is C6H9NO6. The third-order valence-corrected chi connectivity index (χ3v) is 1.75. The van der Waals surface area contributed by atoms with E-state index in [4.69, 9.17) is 21.1 Å². The minimum absolute atomic E-state index is 1.08. The first-order chi connectivity index (χ1) is 5.95. The number of aliphatic hydroxyl groups excluding tert-OH is 3. The number of carbonyl (C=O) groups excluding carboxylic acids is 2. The van der Waals surface area contributed by atoms with Gasteiger partial charge in [-0.3, -0.25) is 4.79 Å². The van der Waals surface area contributed by atoms with Gasteiger partial charge in [0.25, 0.3) is 5.91 Å². The third-order valence-electron chi connectivity index (χ3n) is 1.75. The lowest BCUT2D eigenvalue weighted by atomic mass is 9.99. The maximum Gasteiger partial charge on any atom is 0.338 e. The molecule has 1 aliphatic heterocycles. The molecule has 1 heterocycles. The molecule has 7 heteroatoms. The number of amides is 1. The Labute approximate surface area is 72.7 Å². The molecule has 0 aromatic rings. The first kappa shape index (κ1) is 9.90. The summed E-state index contributed by atoms with van der Waals surface area (Å²) >= 11 is 0. The summed E-state index contributed by atoms with van der Waals surface area (Å²) in [7, 11) is 0. The summed E-state index contributed by atoms with van der Waals surface area (Å²) < 4.78 is 4.27. The second-order valence-corrected chi connectivity index (χ2v) is 2.69. The number of carbonyl (C=O) groups is 2. The standard InChI is InChI=1S/C6H9NO6/c7-5(11)4-2(9)1(8)3(10)6(12)13-4/h1-4,8-10H,(H2,7,11)/t1-,2-,3-,4+/m0/s1. The van der Waals surface area contributed by atoms with E-state index in [0.29, 0.717) is 0 Å². The fourth-order valence-electron chi connectivity index (χ4n) is 0.996. The zero-order valence-corrected chi connectivity index (χ0v) is 6.45. The predicted octanol–water partition coefficient (Wildman–Crippen LogP) is -3.52. The number of hydrogen-bond donors (Lipinski definition) is 4. The molecule has 0 saturated carbocycles. The molecule has 5 N–H and O–H groups in total. The Morgan fingerprint density at radius 2 is 1.85 bits per heavy atom. The molecular weight excluding hydrogens is 182 g/mol. The summed E-state index contributed by atoms with van der Waals surface area (Å²) in [4.78, 5) is 21.3. The predicted molar refractivity (Wildman–Crippen MR) is 37.1 cm³/mol. The van der Waals surface area contributed by atoms with Gasteiger partial charge < -0.3 is 25.8 Å². The van der Waals surface area contributed by atoms with E-state index in [2.05, 4.69) is 4.74 Å². The van der Waals surface area contributed by atoms with E-state index in [1.165, 1.54) is 0 Å². The van der Waals surface area contributed by atoms with E-state index in [1.807, 2.05) is 0 Å². The second kappa shape index (κ2) is 3.29. The van der Waals surface area contributed by atoms with Crippen molar-refractivity contribution in [3.05, 3.63) is 0 Å². The summed E-state index contributed by atoms with van der Waals surface area (Å²) in [5.41, 5.74) is 4.76. The fourth-order valence-corrected chi connectivity index (χ4v) is 0.996. The molecule has 1 saturated heterocycles. The van der Waals surface area contributed by atoms with Crippen LogP contribution in [0.5, 0.6) is 0 Å². The van der Waals surface area contributed by atoms with E-state index < -0.39 is 36.3 Å². The Bertz CT molecular complexity index is 241. The van der Waals surface area contributed by atoms with Crippen molar-refractivity contribution in [2.24, 2.45) is 5.73 Å². The molecule has 0 aromatic heterocycles. The number of aliphatic hydroxyl groups is 3. The van der Waals surface area contributed by atoms with E-state index in [-0.39, 0.29) is 0 Å². The molecule has 0 unspecified atom stereocenters. The number of rotatable bonds is 1. The molecule has 0 bridgehead atoms. The highest BCUT2D eigenvalue weighted by molar-refractivity contribution is 5.86. The van der Waals surface area contributed by atoms with Crippen molar-refractivity contribution in [2.75, 3.05) is 0 Å². The summed E-state index contributed by atoms with van der Waals surface area (Å²) in [5, 5.41) is 27.0. The lowest BCUT2D eigenvalue weighted by molar-refractivity contribution is -0.202. The van der Waals surface area contributed by atoms with E-state index >= 15 is 0 Å². The average Bonchev–Trinajstić information content (AvgIpc) is 2.07. The SMILES string of the molecule is NC(=O)[C@@H]1OC(=O)[C@@H](O)[C@@H](O)[C@@H]1O. The van der Waals surface area contributed by atoms with Gasteiger partial charge in [-0.1, -0.05) is 0 Å². The quantitative estimate of drug-likeness (QED) is 0.318. The zero-order valence-electron chi connectivity index (χ0n) is 6.45. The topological polar surface area (TPSA) is 130 Å². The lowest BCUT2D eigenvalue weighted by Crippen LogP contribution is -2.59. The second-order valence-electron chi connectivity index (χ2n) is 2.69. The van der Waals surface area contributed by atoms with Crippen LogP contribution in [0.2, 0.25) is 0 Å². The largest absolute Gasteiger partial charge is 0.447 e. The van der Waals surface area contributed by atoms with Crippen LogP contribution in [0.15, 0.2) is 0 Å².